The van der Waals surface area contributed by atoms with E-state index in [1.165, 1.54) is 5.56 Å². The van der Waals surface area contributed by atoms with Crippen molar-refractivity contribution in [1.82, 2.24) is 5.01 Å². The number of carbonyl (C=O) groups is 1. The van der Waals surface area contributed by atoms with Crippen LogP contribution >= 0.6 is 0 Å². The Labute approximate surface area is 165 Å². The van der Waals surface area contributed by atoms with Gasteiger partial charge in [-0.15, -0.1) is 0 Å². The predicted octanol–water partition coefficient (Wildman–Crippen LogP) is 5.00. The number of hydrogen-bond acceptors (Lipinski definition) is 3. The number of para-hydroxylation sites is 1. The third-order valence-electron chi connectivity index (χ3n) is 5.02. The molecule has 0 N–H and O–H groups in total. The molecule has 1 atom stereocenters. The molecule has 1 amide bonds. The molecule has 4 heteroatoms. The Morgan fingerprint density at radius 2 is 1.64 bits per heavy atom. The van der Waals surface area contributed by atoms with Gasteiger partial charge in [0.05, 0.1) is 18.9 Å². The van der Waals surface area contributed by atoms with Crippen LogP contribution in [0, 0.1) is 6.92 Å². The zero-order chi connectivity index (χ0) is 19.5. The van der Waals surface area contributed by atoms with Crippen molar-refractivity contribution < 1.29 is 9.53 Å². The molecule has 4 nitrogen and oxygen atoms in total. The van der Waals surface area contributed by atoms with Gasteiger partial charge in [0.15, 0.2) is 0 Å². The molecule has 3 aromatic rings. The molecule has 0 aromatic heterocycles. The molecule has 1 heterocycles. The molecule has 0 saturated carbocycles. The van der Waals surface area contributed by atoms with Crippen LogP contribution in [0.2, 0.25) is 0 Å². The van der Waals surface area contributed by atoms with Gasteiger partial charge in [0.25, 0.3) is 5.91 Å². The molecular formula is C24H22N2O2. The molecule has 0 spiro atoms. The van der Waals surface area contributed by atoms with Crippen LogP contribution in [-0.4, -0.2) is 23.7 Å². The zero-order valence-corrected chi connectivity index (χ0v) is 16.0. The molecule has 1 aliphatic rings. The van der Waals surface area contributed by atoms with Gasteiger partial charge in [-0.3, -0.25) is 4.79 Å². The van der Waals surface area contributed by atoms with Crippen LogP contribution in [0.15, 0.2) is 84.0 Å². The minimum absolute atomic E-state index is 0.112. The van der Waals surface area contributed by atoms with E-state index in [1.54, 1.807) is 12.1 Å². The van der Waals surface area contributed by atoms with Gasteiger partial charge >= 0.3 is 0 Å². The van der Waals surface area contributed by atoms with E-state index in [0.717, 1.165) is 22.6 Å². The SMILES string of the molecule is COc1ccccc1C1CC(c2ccc(C)cc2)=NN1C(=O)c1ccccc1. The highest BCUT2D eigenvalue weighted by Crippen LogP contribution is 2.38. The quantitative estimate of drug-likeness (QED) is 0.649. The van der Waals surface area contributed by atoms with Gasteiger partial charge in [-0.25, -0.2) is 5.01 Å². The average molecular weight is 370 g/mol. The van der Waals surface area contributed by atoms with Crippen LogP contribution in [0.3, 0.4) is 0 Å². The van der Waals surface area contributed by atoms with E-state index < -0.39 is 0 Å². The minimum atomic E-state index is -0.208. The monoisotopic (exact) mass is 370 g/mol. The Morgan fingerprint density at radius 1 is 0.964 bits per heavy atom. The molecule has 1 unspecified atom stereocenters. The lowest BCUT2D eigenvalue weighted by atomic mass is 9.97. The van der Waals surface area contributed by atoms with Gasteiger partial charge in [-0.2, -0.15) is 5.10 Å². The van der Waals surface area contributed by atoms with Crippen molar-refractivity contribution in [3.63, 3.8) is 0 Å². The van der Waals surface area contributed by atoms with Crippen LogP contribution in [0.4, 0.5) is 0 Å². The number of ether oxygens (including phenoxy) is 1. The molecular weight excluding hydrogens is 348 g/mol. The van der Waals surface area contributed by atoms with Crippen molar-refractivity contribution in [3.05, 3.63) is 101 Å². The van der Waals surface area contributed by atoms with Crippen LogP contribution in [0.1, 0.15) is 39.5 Å². The number of hydrogen-bond donors (Lipinski definition) is 0. The molecule has 0 aliphatic carbocycles. The minimum Gasteiger partial charge on any atom is -0.496 e. The number of rotatable bonds is 4. The number of aryl methyl sites for hydroxylation is 1. The average Bonchev–Trinajstić information content (AvgIpc) is 3.19. The largest absolute Gasteiger partial charge is 0.496 e. The van der Waals surface area contributed by atoms with E-state index in [0.29, 0.717) is 12.0 Å². The fourth-order valence-electron chi connectivity index (χ4n) is 3.52. The van der Waals surface area contributed by atoms with E-state index in [-0.39, 0.29) is 11.9 Å². The second-order valence-corrected chi connectivity index (χ2v) is 6.89. The number of methoxy groups -OCH3 is 1. The first-order chi connectivity index (χ1) is 13.7. The number of benzene rings is 3. The number of hydrazone groups is 1. The Kier molecular flexibility index (Phi) is 4.94. The highest BCUT2D eigenvalue weighted by atomic mass is 16.5. The normalized spacial score (nSPS) is 16.0. The van der Waals surface area contributed by atoms with Gasteiger partial charge in [0.2, 0.25) is 0 Å². The molecule has 4 rings (SSSR count). The summed E-state index contributed by atoms with van der Waals surface area (Å²) >= 11 is 0. The van der Waals surface area contributed by atoms with Crippen molar-refractivity contribution in [3.8, 4) is 5.75 Å². The smallest absolute Gasteiger partial charge is 0.274 e. The third kappa shape index (κ3) is 3.41. The fourth-order valence-corrected chi connectivity index (χ4v) is 3.52. The summed E-state index contributed by atoms with van der Waals surface area (Å²) in [4.78, 5) is 13.2. The first-order valence-electron chi connectivity index (χ1n) is 9.33. The molecule has 0 fully saturated rings. The van der Waals surface area contributed by atoms with E-state index in [1.807, 2.05) is 54.6 Å². The predicted molar refractivity (Wildman–Crippen MR) is 111 cm³/mol. The molecule has 1 aliphatic heterocycles. The lowest BCUT2D eigenvalue weighted by molar-refractivity contribution is 0.0709. The van der Waals surface area contributed by atoms with Crippen molar-refractivity contribution in [1.29, 1.82) is 0 Å². The first kappa shape index (κ1) is 18.0. The third-order valence-corrected chi connectivity index (χ3v) is 5.02. The van der Waals surface area contributed by atoms with Crippen molar-refractivity contribution in [2.45, 2.75) is 19.4 Å². The number of amides is 1. The van der Waals surface area contributed by atoms with Gasteiger partial charge in [0, 0.05) is 17.5 Å². The second-order valence-electron chi connectivity index (χ2n) is 6.89. The van der Waals surface area contributed by atoms with Crippen molar-refractivity contribution in [2.75, 3.05) is 7.11 Å². The van der Waals surface area contributed by atoms with Gasteiger partial charge in [0.1, 0.15) is 5.75 Å². The van der Waals surface area contributed by atoms with Crippen LogP contribution in [0.25, 0.3) is 0 Å². The highest BCUT2D eigenvalue weighted by molar-refractivity contribution is 6.05. The first-order valence-corrected chi connectivity index (χ1v) is 9.33. The summed E-state index contributed by atoms with van der Waals surface area (Å²) in [5.41, 5.74) is 4.71. The zero-order valence-electron chi connectivity index (χ0n) is 16.0. The summed E-state index contributed by atoms with van der Waals surface area (Å²) < 4.78 is 5.56. The second kappa shape index (κ2) is 7.69. The van der Waals surface area contributed by atoms with E-state index in [4.69, 9.17) is 9.84 Å². The van der Waals surface area contributed by atoms with E-state index >= 15 is 0 Å². The number of carbonyl (C=O) groups excluding carboxylic acids is 1. The molecule has 0 saturated heterocycles. The molecule has 3 aromatic carbocycles. The summed E-state index contributed by atoms with van der Waals surface area (Å²) in [7, 11) is 1.65. The highest BCUT2D eigenvalue weighted by Gasteiger charge is 2.35. The van der Waals surface area contributed by atoms with Crippen LogP contribution in [0.5, 0.6) is 5.75 Å². The van der Waals surface area contributed by atoms with Crippen molar-refractivity contribution in [2.24, 2.45) is 5.10 Å². The van der Waals surface area contributed by atoms with Gasteiger partial charge in [-0.05, 0) is 30.7 Å². The number of nitrogens with zero attached hydrogens (tertiary/aromatic N) is 2. The standard InChI is InChI=1S/C24H22N2O2/c1-17-12-14-18(15-13-17)21-16-22(20-10-6-7-11-23(20)28-2)26(25-21)24(27)19-8-4-3-5-9-19/h3-15,22H,16H2,1-2H3. The maximum atomic E-state index is 13.2. The van der Waals surface area contributed by atoms with Crippen LogP contribution < -0.4 is 4.74 Å². The molecule has 28 heavy (non-hydrogen) atoms. The van der Waals surface area contributed by atoms with E-state index in [2.05, 4.69) is 31.2 Å². The summed E-state index contributed by atoms with van der Waals surface area (Å²) in [6.45, 7) is 2.06. The van der Waals surface area contributed by atoms with E-state index in [9.17, 15) is 4.79 Å². The Bertz CT molecular complexity index is 1010. The molecule has 140 valence electrons. The maximum Gasteiger partial charge on any atom is 0.274 e. The van der Waals surface area contributed by atoms with Crippen LogP contribution in [-0.2, 0) is 0 Å². The summed E-state index contributed by atoms with van der Waals surface area (Å²) in [6, 6.07) is 25.1. The molecule has 0 radical (unpaired) electrons. The summed E-state index contributed by atoms with van der Waals surface area (Å²) in [5, 5.41) is 6.34. The summed E-state index contributed by atoms with van der Waals surface area (Å²) in [5.74, 6) is 0.650. The maximum absolute atomic E-state index is 13.2. The molecule has 0 bridgehead atoms. The Morgan fingerprint density at radius 3 is 2.36 bits per heavy atom. The van der Waals surface area contributed by atoms with Gasteiger partial charge in [-0.1, -0.05) is 66.2 Å². The summed E-state index contributed by atoms with van der Waals surface area (Å²) in [6.07, 6.45) is 0.641. The Hall–Kier alpha value is -3.40. The lowest BCUT2D eigenvalue weighted by Crippen LogP contribution is -2.27. The van der Waals surface area contributed by atoms with Gasteiger partial charge < -0.3 is 4.74 Å². The lowest BCUT2D eigenvalue weighted by Gasteiger charge is -2.23. The van der Waals surface area contributed by atoms with Crippen molar-refractivity contribution >= 4 is 11.6 Å². The topological polar surface area (TPSA) is 41.9 Å². The fraction of sp³-hybridized carbons (Fsp3) is 0.167. The Balaban J connectivity index is 1.76.